The number of hydrogen-bond donors (Lipinski definition) is 4. The summed E-state index contributed by atoms with van der Waals surface area (Å²) in [6.07, 6.45) is -1.48. The molecule has 60 valence electrons. The van der Waals surface area contributed by atoms with E-state index in [1.165, 1.54) is 0 Å². The van der Waals surface area contributed by atoms with Crippen molar-refractivity contribution in [2.45, 2.75) is 12.2 Å². The van der Waals surface area contributed by atoms with Gasteiger partial charge in [0.25, 0.3) is 0 Å². The van der Waals surface area contributed by atoms with Crippen LogP contribution in [0, 0.1) is 0 Å². The molecular weight excluding hydrogens is 204 g/mol. The van der Waals surface area contributed by atoms with Gasteiger partial charge in [-0.05, 0) is 0 Å². The summed E-state index contributed by atoms with van der Waals surface area (Å²) in [6, 6.07) is 0. The normalized spacial score (nSPS) is 14.7. The minimum atomic E-state index is -0.740. The summed E-state index contributed by atoms with van der Waals surface area (Å²) in [5.74, 6) is 0.559. The molecule has 0 aromatic rings. The van der Waals surface area contributed by atoms with Crippen LogP contribution >= 0.6 is 25.3 Å². The fourth-order valence-corrected chi connectivity index (χ4v) is 0.730. The Morgan fingerprint density at radius 3 is 1.40 bits per heavy atom. The molecule has 0 heterocycles. The quantitative estimate of drug-likeness (QED) is 0.380. The number of hydrogen-bond acceptors (Lipinski definition) is 4. The third-order valence-electron chi connectivity index (χ3n) is 0.818. The van der Waals surface area contributed by atoms with Crippen molar-refractivity contribution < 1.29 is 30.2 Å². The Labute approximate surface area is 83.8 Å². The molecular formula is C5H12O2S2Ti. The van der Waals surface area contributed by atoms with Crippen molar-refractivity contribution in [3.63, 3.8) is 0 Å². The molecule has 0 amide bonds. The summed E-state index contributed by atoms with van der Waals surface area (Å²) in [5.41, 5.74) is 0. The Bertz CT molecular complexity index is 66.7. The molecule has 0 unspecified atom stereocenters. The number of rotatable bonds is 3. The predicted molar refractivity (Wildman–Crippen MR) is 46.8 cm³/mol. The standard InChI is InChI=1S/C4H10O2S2.CH2.Ti/c5-3(1-7)4(6)2-8;;/h3-8H,1-2H2;1H2;/t3-,4-;;/m0../s1. The van der Waals surface area contributed by atoms with Gasteiger partial charge in [0.2, 0.25) is 0 Å². The van der Waals surface area contributed by atoms with Gasteiger partial charge >= 0.3 is 24.8 Å². The Morgan fingerprint density at radius 1 is 1.10 bits per heavy atom. The average molecular weight is 216 g/mol. The number of aliphatic hydroxyl groups is 2. The molecule has 0 rings (SSSR count). The second kappa shape index (κ2) is 10.2. The zero-order valence-electron chi connectivity index (χ0n) is 5.56. The maximum atomic E-state index is 8.75. The first-order valence-electron chi connectivity index (χ1n) is 2.65. The third-order valence-corrected chi connectivity index (χ3v) is 1.57. The first-order chi connectivity index (χ1) is 4.72. The van der Waals surface area contributed by atoms with E-state index in [4.69, 9.17) is 10.2 Å². The third kappa shape index (κ3) is 7.31. The Balaban J connectivity index is 0. The SMILES string of the molecule is O[C@@H](CS)[C@@H](O)CS.[CH2]=[Ti]. The van der Waals surface area contributed by atoms with Gasteiger partial charge in [-0.3, -0.25) is 0 Å². The van der Waals surface area contributed by atoms with Crippen molar-refractivity contribution in [3.05, 3.63) is 0 Å². The van der Waals surface area contributed by atoms with Crippen LogP contribution < -0.4 is 0 Å². The van der Waals surface area contributed by atoms with Crippen molar-refractivity contribution >= 4 is 30.1 Å². The molecule has 0 bridgehead atoms. The predicted octanol–water partition coefficient (Wildman–Crippen LogP) is -0.467. The average Bonchev–Trinajstić information content (AvgIpc) is 2.05. The Kier molecular flexibility index (Phi) is 14.1. The second-order valence-electron chi connectivity index (χ2n) is 1.50. The van der Waals surface area contributed by atoms with E-state index in [0.717, 1.165) is 0 Å². The van der Waals surface area contributed by atoms with E-state index >= 15 is 0 Å². The Hall–Kier alpha value is 1.20. The van der Waals surface area contributed by atoms with Gasteiger partial charge < -0.3 is 10.2 Å². The topological polar surface area (TPSA) is 40.5 Å². The fourth-order valence-electron chi connectivity index (χ4n) is 0.243. The van der Waals surface area contributed by atoms with Crippen LogP contribution in [0.3, 0.4) is 0 Å². The van der Waals surface area contributed by atoms with E-state index in [0.29, 0.717) is 0 Å². The number of thiol groups is 2. The molecule has 0 radical (unpaired) electrons. The van der Waals surface area contributed by atoms with Gasteiger partial charge in [-0.1, -0.05) is 0 Å². The molecule has 2 atom stereocenters. The van der Waals surface area contributed by atoms with Gasteiger partial charge in [-0.25, -0.2) is 0 Å². The van der Waals surface area contributed by atoms with E-state index < -0.39 is 12.2 Å². The summed E-state index contributed by atoms with van der Waals surface area (Å²) in [5, 5.41) is 17.5. The van der Waals surface area contributed by atoms with Gasteiger partial charge in [0.1, 0.15) is 0 Å². The van der Waals surface area contributed by atoms with Gasteiger partial charge in [0.15, 0.2) is 0 Å². The van der Waals surface area contributed by atoms with Crippen LogP contribution in [0.15, 0.2) is 0 Å². The molecule has 0 aromatic heterocycles. The second-order valence-corrected chi connectivity index (χ2v) is 2.23. The summed E-state index contributed by atoms with van der Waals surface area (Å²) >= 11 is 9.28. The van der Waals surface area contributed by atoms with Crippen molar-refractivity contribution in [1.29, 1.82) is 0 Å². The first kappa shape index (κ1) is 13.8. The summed E-state index contributed by atoms with van der Waals surface area (Å²) in [7, 11) is 0. The molecule has 0 saturated carbocycles. The molecule has 0 aliphatic rings. The number of aliphatic hydroxyl groups excluding tert-OH is 2. The monoisotopic (exact) mass is 216 g/mol. The van der Waals surface area contributed by atoms with Crippen molar-refractivity contribution in [2.24, 2.45) is 0 Å². The molecule has 5 heteroatoms. The fraction of sp³-hybridized carbons (Fsp3) is 0.800. The first-order valence-corrected chi connectivity index (χ1v) is 5.02. The van der Waals surface area contributed by atoms with E-state index in [-0.39, 0.29) is 11.5 Å². The maximum absolute atomic E-state index is 8.75. The van der Waals surface area contributed by atoms with Crippen LogP contribution in [-0.4, -0.2) is 38.7 Å². The summed E-state index contributed by atoms with van der Waals surface area (Å²) in [4.78, 5) is 3.25. The van der Waals surface area contributed by atoms with Crippen LogP contribution in [0.1, 0.15) is 0 Å². The van der Waals surface area contributed by atoms with Crippen molar-refractivity contribution in [1.82, 2.24) is 0 Å². The van der Waals surface area contributed by atoms with Crippen LogP contribution in [-0.2, 0) is 20.0 Å². The molecule has 0 aliphatic heterocycles. The zero-order valence-corrected chi connectivity index (χ0v) is 8.92. The van der Waals surface area contributed by atoms with Crippen LogP contribution in [0.2, 0.25) is 0 Å². The zero-order chi connectivity index (χ0) is 8.57. The molecule has 0 spiro atoms. The Morgan fingerprint density at radius 2 is 1.30 bits per heavy atom. The molecule has 0 saturated heterocycles. The summed E-state index contributed by atoms with van der Waals surface area (Å²) < 4.78 is 0. The van der Waals surface area contributed by atoms with E-state index in [1.807, 2.05) is 0 Å². The van der Waals surface area contributed by atoms with Gasteiger partial charge in [0.05, 0.1) is 12.2 Å². The van der Waals surface area contributed by atoms with Gasteiger partial charge in [-0.2, -0.15) is 25.3 Å². The molecule has 2 N–H and O–H groups in total. The van der Waals surface area contributed by atoms with E-state index in [2.05, 4.69) is 30.1 Å². The van der Waals surface area contributed by atoms with Crippen LogP contribution in [0.25, 0.3) is 0 Å². The van der Waals surface area contributed by atoms with E-state index in [9.17, 15) is 0 Å². The summed E-state index contributed by atoms with van der Waals surface area (Å²) in [6.45, 7) is 0. The van der Waals surface area contributed by atoms with Crippen molar-refractivity contribution in [3.8, 4) is 0 Å². The molecule has 0 aromatic carbocycles. The van der Waals surface area contributed by atoms with Crippen LogP contribution in [0.4, 0.5) is 0 Å². The van der Waals surface area contributed by atoms with Crippen molar-refractivity contribution in [2.75, 3.05) is 11.5 Å². The molecule has 10 heavy (non-hydrogen) atoms. The van der Waals surface area contributed by atoms with Gasteiger partial charge in [-0.15, -0.1) is 0 Å². The molecule has 0 fully saturated rings. The van der Waals surface area contributed by atoms with Crippen LogP contribution in [0.5, 0.6) is 0 Å². The molecule has 2 nitrogen and oxygen atoms in total. The van der Waals surface area contributed by atoms with E-state index in [1.54, 1.807) is 20.0 Å². The molecule has 0 aliphatic carbocycles. The van der Waals surface area contributed by atoms with Gasteiger partial charge in [0, 0.05) is 11.5 Å². The minimum absolute atomic E-state index is 0.279.